The van der Waals surface area contributed by atoms with Crippen LogP contribution in [0.4, 0.5) is 0 Å². The normalized spacial score (nSPS) is 14.7. The minimum atomic E-state index is -1.09. The van der Waals surface area contributed by atoms with Crippen molar-refractivity contribution in [3.05, 3.63) is 89.0 Å². The van der Waals surface area contributed by atoms with Crippen LogP contribution in [0, 0.1) is 13.8 Å². The highest BCUT2D eigenvalue weighted by molar-refractivity contribution is 5.88. The lowest BCUT2D eigenvalue weighted by atomic mass is 10.1. The van der Waals surface area contributed by atoms with Crippen LogP contribution < -0.4 is 9.47 Å². The summed E-state index contributed by atoms with van der Waals surface area (Å²) in [5, 5.41) is 13.9. The molecule has 0 aliphatic carbocycles. The van der Waals surface area contributed by atoms with Crippen LogP contribution >= 0.6 is 0 Å². The van der Waals surface area contributed by atoms with Gasteiger partial charge >= 0.3 is 5.97 Å². The van der Waals surface area contributed by atoms with E-state index < -0.39 is 5.97 Å². The van der Waals surface area contributed by atoms with Crippen LogP contribution in [0.1, 0.15) is 39.4 Å². The van der Waals surface area contributed by atoms with Crippen molar-refractivity contribution in [1.29, 1.82) is 0 Å². The molecule has 0 saturated carbocycles. The van der Waals surface area contributed by atoms with E-state index in [1.54, 1.807) is 23.0 Å². The highest BCUT2D eigenvalue weighted by atomic mass is 16.5. The number of hydrogen-bond acceptors (Lipinski definition) is 8. The Morgan fingerprint density at radius 2 is 1.88 bits per heavy atom. The largest absolute Gasteiger partial charge is 0.477 e. The summed E-state index contributed by atoms with van der Waals surface area (Å²) in [6.07, 6.45) is 2.71. The zero-order chi connectivity index (χ0) is 27.6. The molecular formula is C29H28N6O5. The first-order valence-electron chi connectivity index (χ1n) is 13.0. The molecule has 1 aliphatic rings. The van der Waals surface area contributed by atoms with E-state index in [-0.39, 0.29) is 18.4 Å². The second kappa shape index (κ2) is 10.8. The van der Waals surface area contributed by atoms with Crippen LogP contribution in [0.2, 0.25) is 0 Å². The zero-order valence-corrected chi connectivity index (χ0v) is 22.1. The third-order valence-electron chi connectivity index (χ3n) is 6.80. The van der Waals surface area contributed by atoms with Gasteiger partial charge in [-0.15, -0.1) is 5.10 Å². The molecule has 11 heteroatoms. The van der Waals surface area contributed by atoms with Gasteiger partial charge in [-0.2, -0.15) is 4.98 Å². The quantitative estimate of drug-likeness (QED) is 0.276. The average Bonchev–Trinajstić information content (AvgIpc) is 3.53. The number of carbonyl (C=O) groups is 1. The molecule has 204 valence electrons. The van der Waals surface area contributed by atoms with Crippen molar-refractivity contribution in [2.45, 2.75) is 46.1 Å². The summed E-state index contributed by atoms with van der Waals surface area (Å²) in [5.41, 5.74) is 4.54. The molecular weight excluding hydrogens is 512 g/mol. The van der Waals surface area contributed by atoms with Gasteiger partial charge in [0, 0.05) is 24.9 Å². The van der Waals surface area contributed by atoms with E-state index in [1.807, 2.05) is 22.8 Å². The summed E-state index contributed by atoms with van der Waals surface area (Å²) >= 11 is 0. The van der Waals surface area contributed by atoms with Gasteiger partial charge < -0.3 is 23.9 Å². The maximum Gasteiger partial charge on any atom is 0.354 e. The van der Waals surface area contributed by atoms with E-state index in [2.05, 4.69) is 52.1 Å². The summed E-state index contributed by atoms with van der Waals surface area (Å²) in [7, 11) is 0. The van der Waals surface area contributed by atoms with Gasteiger partial charge in [0.1, 0.15) is 24.6 Å². The number of aromatic carboxylic acids is 1. The maximum absolute atomic E-state index is 11.5. The lowest BCUT2D eigenvalue weighted by Gasteiger charge is -2.27. The molecule has 0 spiro atoms. The van der Waals surface area contributed by atoms with Gasteiger partial charge in [-0.05, 0) is 49.6 Å². The van der Waals surface area contributed by atoms with E-state index in [0.29, 0.717) is 54.3 Å². The summed E-state index contributed by atoms with van der Waals surface area (Å²) in [6.45, 7) is 5.90. The second-order valence-electron chi connectivity index (χ2n) is 9.70. The Kier molecular flexibility index (Phi) is 6.87. The van der Waals surface area contributed by atoms with Crippen LogP contribution in [-0.2, 0) is 24.5 Å². The Hall–Kier alpha value is -4.77. The molecule has 40 heavy (non-hydrogen) atoms. The molecule has 0 amide bonds. The van der Waals surface area contributed by atoms with E-state index in [4.69, 9.17) is 14.2 Å². The Morgan fingerprint density at radius 1 is 1.02 bits per heavy atom. The van der Waals surface area contributed by atoms with E-state index in [9.17, 15) is 9.90 Å². The van der Waals surface area contributed by atoms with E-state index in [1.165, 1.54) is 17.2 Å². The second-order valence-corrected chi connectivity index (χ2v) is 9.70. The topological polar surface area (TPSA) is 126 Å². The SMILES string of the molecule is Cc1ccc(COc2cccc(-n3ccc(OCc4nc5ccc(C(=O)O)nc5n4C[C@@H]4CCO4)n3)n2)c(C)c1. The van der Waals surface area contributed by atoms with Gasteiger partial charge in [0.15, 0.2) is 17.2 Å². The Balaban J connectivity index is 1.16. The van der Waals surface area contributed by atoms with Crippen LogP contribution in [-0.4, -0.2) is 53.1 Å². The first-order valence-corrected chi connectivity index (χ1v) is 13.0. The maximum atomic E-state index is 11.5. The number of imidazole rings is 1. The summed E-state index contributed by atoms with van der Waals surface area (Å²) in [5.74, 6) is 0.991. The average molecular weight is 541 g/mol. The fraction of sp³-hybridized carbons (Fsp3) is 0.276. The fourth-order valence-corrected chi connectivity index (χ4v) is 4.52. The number of aromatic nitrogens is 6. The molecule has 1 aromatic carbocycles. The van der Waals surface area contributed by atoms with Crippen molar-refractivity contribution in [3.63, 3.8) is 0 Å². The Morgan fingerprint density at radius 3 is 2.65 bits per heavy atom. The van der Waals surface area contributed by atoms with Crippen LogP contribution in [0.25, 0.3) is 17.0 Å². The Bertz CT molecular complexity index is 1690. The molecule has 11 nitrogen and oxygen atoms in total. The van der Waals surface area contributed by atoms with Crippen molar-refractivity contribution < 1.29 is 24.1 Å². The van der Waals surface area contributed by atoms with Gasteiger partial charge in [-0.3, -0.25) is 0 Å². The van der Waals surface area contributed by atoms with Gasteiger partial charge in [-0.25, -0.2) is 19.4 Å². The number of pyridine rings is 2. The first-order chi connectivity index (χ1) is 19.4. The molecule has 5 heterocycles. The smallest absolute Gasteiger partial charge is 0.354 e. The monoisotopic (exact) mass is 540 g/mol. The molecule has 5 aromatic rings. The molecule has 1 atom stereocenters. The lowest BCUT2D eigenvalue weighted by molar-refractivity contribution is -0.0593. The van der Waals surface area contributed by atoms with Crippen molar-refractivity contribution >= 4 is 17.1 Å². The van der Waals surface area contributed by atoms with Gasteiger partial charge in [-0.1, -0.05) is 29.8 Å². The predicted octanol–water partition coefficient (Wildman–Crippen LogP) is 4.27. The molecule has 1 fully saturated rings. The zero-order valence-electron chi connectivity index (χ0n) is 22.1. The van der Waals surface area contributed by atoms with E-state index in [0.717, 1.165) is 12.0 Å². The number of carboxylic acid groups (broad SMARTS) is 1. The number of hydrogen-bond donors (Lipinski definition) is 1. The minimum absolute atomic E-state index is 0.0288. The van der Waals surface area contributed by atoms with Crippen LogP contribution in [0.5, 0.6) is 11.8 Å². The van der Waals surface area contributed by atoms with Crippen LogP contribution in [0.15, 0.2) is 60.8 Å². The summed E-state index contributed by atoms with van der Waals surface area (Å²) < 4.78 is 21.0. The van der Waals surface area contributed by atoms with Crippen molar-refractivity contribution in [2.24, 2.45) is 0 Å². The number of rotatable bonds is 10. The van der Waals surface area contributed by atoms with Crippen LogP contribution in [0.3, 0.4) is 0 Å². The van der Waals surface area contributed by atoms with Crippen molar-refractivity contribution in [3.8, 4) is 17.6 Å². The fourth-order valence-electron chi connectivity index (χ4n) is 4.52. The molecule has 4 aromatic heterocycles. The molecule has 1 saturated heterocycles. The van der Waals surface area contributed by atoms with Gasteiger partial charge in [0.05, 0.1) is 12.6 Å². The molecule has 1 N–H and O–H groups in total. The van der Waals surface area contributed by atoms with Crippen molar-refractivity contribution in [2.75, 3.05) is 6.61 Å². The van der Waals surface area contributed by atoms with Crippen molar-refractivity contribution in [1.82, 2.24) is 29.3 Å². The highest BCUT2D eigenvalue weighted by Gasteiger charge is 2.23. The number of carboxylic acids is 1. The highest BCUT2D eigenvalue weighted by Crippen LogP contribution is 2.22. The third kappa shape index (κ3) is 5.36. The summed E-state index contributed by atoms with van der Waals surface area (Å²) in [6, 6.07) is 16.6. The van der Waals surface area contributed by atoms with Gasteiger partial charge in [0.2, 0.25) is 11.8 Å². The Labute approximate surface area is 230 Å². The molecule has 6 rings (SSSR count). The molecule has 0 unspecified atom stereocenters. The van der Waals surface area contributed by atoms with E-state index >= 15 is 0 Å². The molecule has 0 radical (unpaired) electrons. The number of benzene rings is 1. The number of fused-ring (bicyclic) bond motifs is 1. The number of nitrogens with zero attached hydrogens (tertiary/aromatic N) is 6. The van der Waals surface area contributed by atoms with Gasteiger partial charge in [0.25, 0.3) is 0 Å². The summed E-state index contributed by atoms with van der Waals surface area (Å²) in [4.78, 5) is 25.0. The standard InChI is InChI=1S/C29H28N6O5/c1-18-6-7-20(19(2)14-18)16-39-26-5-3-4-24(32-26)35-12-10-27(33-35)40-17-25-30-22-8-9-23(29(36)37)31-28(22)34(25)15-21-11-13-38-21/h3-10,12,14,21H,11,13,15-17H2,1-2H3,(H,36,37)/t21-/m0/s1. The lowest BCUT2D eigenvalue weighted by Crippen LogP contribution is -2.32. The minimum Gasteiger partial charge on any atom is -0.477 e. The number of ether oxygens (including phenoxy) is 3. The number of aryl methyl sites for hydroxylation is 2. The molecule has 1 aliphatic heterocycles. The predicted molar refractivity (Wildman–Crippen MR) is 145 cm³/mol. The third-order valence-corrected chi connectivity index (χ3v) is 6.80. The molecule has 0 bridgehead atoms. The first kappa shape index (κ1) is 25.5.